The van der Waals surface area contributed by atoms with Gasteiger partial charge in [0.25, 0.3) is 0 Å². The number of rotatable bonds is 3. The largest absolute Gasteiger partial charge is 0.479 e. The highest BCUT2D eigenvalue weighted by Gasteiger charge is 2.35. The summed E-state index contributed by atoms with van der Waals surface area (Å²) in [6, 6.07) is 6.94. The number of hydrogen-bond acceptors (Lipinski definition) is 4. The molecular formula is C14H10F4N4O. The van der Waals surface area contributed by atoms with Gasteiger partial charge in [0.15, 0.2) is 5.65 Å². The van der Waals surface area contributed by atoms with Gasteiger partial charge in [-0.3, -0.25) is 0 Å². The minimum atomic E-state index is -4.61. The maximum Gasteiger partial charge on any atom is 0.449 e. The average molecular weight is 326 g/mol. The summed E-state index contributed by atoms with van der Waals surface area (Å²) in [7, 11) is 1.33. The van der Waals surface area contributed by atoms with Crippen LogP contribution in [0.2, 0.25) is 0 Å². The van der Waals surface area contributed by atoms with Crippen LogP contribution in [0.3, 0.4) is 0 Å². The molecule has 3 rings (SSSR count). The van der Waals surface area contributed by atoms with E-state index in [9.17, 15) is 17.6 Å². The third kappa shape index (κ3) is 3.03. The van der Waals surface area contributed by atoms with E-state index >= 15 is 0 Å². The van der Waals surface area contributed by atoms with E-state index in [1.807, 2.05) is 0 Å². The van der Waals surface area contributed by atoms with Gasteiger partial charge in [-0.15, -0.1) is 0 Å². The first kappa shape index (κ1) is 15.1. The Morgan fingerprint density at radius 1 is 1.17 bits per heavy atom. The number of alkyl halides is 3. The number of hydrogen-bond donors (Lipinski definition) is 2. The van der Waals surface area contributed by atoms with Gasteiger partial charge < -0.3 is 15.0 Å². The molecule has 0 fully saturated rings. The zero-order valence-corrected chi connectivity index (χ0v) is 11.7. The maximum atomic E-state index is 13.2. The van der Waals surface area contributed by atoms with Gasteiger partial charge in [-0.2, -0.15) is 18.2 Å². The van der Waals surface area contributed by atoms with Gasteiger partial charge in [-0.1, -0.05) is 6.07 Å². The van der Waals surface area contributed by atoms with Gasteiger partial charge >= 0.3 is 6.18 Å². The number of benzene rings is 1. The number of ether oxygens (including phenoxy) is 1. The van der Waals surface area contributed by atoms with E-state index in [1.54, 1.807) is 6.07 Å². The summed E-state index contributed by atoms with van der Waals surface area (Å²) >= 11 is 0. The monoisotopic (exact) mass is 326 g/mol. The highest BCUT2D eigenvalue weighted by atomic mass is 19.4. The Hall–Kier alpha value is -2.84. The van der Waals surface area contributed by atoms with Crippen molar-refractivity contribution in [1.29, 1.82) is 0 Å². The number of nitrogens with one attached hydrogen (secondary N) is 2. The molecule has 0 unspecified atom stereocenters. The highest BCUT2D eigenvalue weighted by molar-refractivity contribution is 5.80. The second-order valence-corrected chi connectivity index (χ2v) is 4.63. The van der Waals surface area contributed by atoms with E-state index in [2.05, 4.69) is 20.3 Å². The molecule has 2 heterocycles. The van der Waals surface area contributed by atoms with Gasteiger partial charge in [0.05, 0.1) is 7.11 Å². The molecule has 0 aliphatic heterocycles. The van der Waals surface area contributed by atoms with Gasteiger partial charge in [-0.25, -0.2) is 9.37 Å². The summed E-state index contributed by atoms with van der Waals surface area (Å²) in [5, 5.41) is 2.84. The fourth-order valence-electron chi connectivity index (χ4n) is 2.02. The number of H-pyrrole nitrogens is 1. The number of methoxy groups -OCH3 is 1. The highest BCUT2D eigenvalue weighted by Crippen LogP contribution is 2.32. The van der Waals surface area contributed by atoms with Crippen molar-refractivity contribution < 1.29 is 22.3 Å². The molecule has 0 aliphatic carbocycles. The van der Waals surface area contributed by atoms with Crippen LogP contribution in [0.25, 0.3) is 11.2 Å². The minimum Gasteiger partial charge on any atom is -0.479 e. The molecule has 0 atom stereocenters. The maximum absolute atomic E-state index is 13.2. The number of aromatic nitrogens is 3. The Morgan fingerprint density at radius 3 is 2.61 bits per heavy atom. The van der Waals surface area contributed by atoms with Gasteiger partial charge in [0.1, 0.15) is 17.0 Å². The summed E-state index contributed by atoms with van der Waals surface area (Å²) in [5.74, 6) is -1.55. The molecule has 120 valence electrons. The fourth-order valence-corrected chi connectivity index (χ4v) is 2.02. The summed E-state index contributed by atoms with van der Waals surface area (Å²) in [5.41, 5.74) is 0.623. The number of halogens is 4. The van der Waals surface area contributed by atoms with E-state index in [0.717, 1.165) is 0 Å². The predicted molar refractivity (Wildman–Crippen MR) is 75.1 cm³/mol. The van der Waals surface area contributed by atoms with E-state index < -0.39 is 17.8 Å². The van der Waals surface area contributed by atoms with Crippen LogP contribution >= 0.6 is 0 Å². The average Bonchev–Trinajstić information content (AvgIpc) is 2.89. The molecule has 2 aromatic heterocycles. The van der Waals surface area contributed by atoms with E-state index in [0.29, 0.717) is 5.69 Å². The second kappa shape index (κ2) is 5.41. The van der Waals surface area contributed by atoms with Crippen LogP contribution < -0.4 is 10.1 Å². The van der Waals surface area contributed by atoms with Crippen LogP contribution in [-0.4, -0.2) is 22.1 Å². The van der Waals surface area contributed by atoms with Crippen LogP contribution in [0.5, 0.6) is 5.88 Å². The first-order valence-electron chi connectivity index (χ1n) is 6.41. The molecule has 0 bridgehead atoms. The SMILES string of the molecule is COc1nc2[nH]c(C(F)(F)F)nc2cc1Nc1cccc(F)c1. The number of imidazole rings is 1. The van der Waals surface area contributed by atoms with E-state index in [1.165, 1.54) is 31.4 Å². The van der Waals surface area contributed by atoms with Crippen molar-refractivity contribution in [2.45, 2.75) is 6.18 Å². The molecule has 23 heavy (non-hydrogen) atoms. The van der Waals surface area contributed by atoms with Crippen LogP contribution in [0.4, 0.5) is 28.9 Å². The molecule has 0 saturated carbocycles. The number of pyridine rings is 1. The molecule has 5 nitrogen and oxygen atoms in total. The van der Waals surface area contributed by atoms with Crippen molar-refractivity contribution in [3.8, 4) is 5.88 Å². The van der Waals surface area contributed by atoms with Gasteiger partial charge in [-0.05, 0) is 24.3 Å². The lowest BCUT2D eigenvalue weighted by Gasteiger charge is -2.10. The molecule has 0 radical (unpaired) electrons. The van der Waals surface area contributed by atoms with Gasteiger partial charge in [0, 0.05) is 5.69 Å². The molecule has 0 spiro atoms. The lowest BCUT2D eigenvalue weighted by atomic mass is 10.3. The van der Waals surface area contributed by atoms with Crippen molar-refractivity contribution >= 4 is 22.5 Å². The zero-order chi connectivity index (χ0) is 16.6. The number of fused-ring (bicyclic) bond motifs is 1. The van der Waals surface area contributed by atoms with Crippen molar-refractivity contribution in [2.75, 3.05) is 12.4 Å². The molecule has 2 N–H and O–H groups in total. The first-order valence-corrected chi connectivity index (χ1v) is 6.41. The molecule has 0 amide bonds. The Bertz CT molecular complexity index is 860. The van der Waals surface area contributed by atoms with Crippen LogP contribution in [0, 0.1) is 5.82 Å². The van der Waals surface area contributed by atoms with Crippen LogP contribution in [0.15, 0.2) is 30.3 Å². The van der Waals surface area contributed by atoms with E-state index in [4.69, 9.17) is 4.74 Å². The second-order valence-electron chi connectivity index (χ2n) is 4.63. The minimum absolute atomic E-state index is 0.0111. The lowest BCUT2D eigenvalue weighted by Crippen LogP contribution is -2.06. The van der Waals surface area contributed by atoms with Crippen LogP contribution in [0.1, 0.15) is 5.82 Å². The zero-order valence-electron chi connectivity index (χ0n) is 11.7. The Kier molecular flexibility index (Phi) is 3.55. The van der Waals surface area contributed by atoms with Crippen molar-refractivity contribution in [3.05, 3.63) is 42.0 Å². The third-order valence-electron chi connectivity index (χ3n) is 3.00. The molecule has 3 aromatic rings. The standard InChI is InChI=1S/C14H10F4N4O/c1-23-12-10(19-8-4-2-3-7(15)5-8)6-9-11(21-12)22-13(20-9)14(16,17)18/h2-6,19H,1H3,(H,20,21,22). The molecular weight excluding hydrogens is 316 g/mol. The number of aromatic amines is 1. The Morgan fingerprint density at radius 2 is 1.96 bits per heavy atom. The topological polar surface area (TPSA) is 62.8 Å². The quantitative estimate of drug-likeness (QED) is 0.717. The Labute approximate surface area is 127 Å². The smallest absolute Gasteiger partial charge is 0.449 e. The number of anilines is 2. The molecule has 1 aromatic carbocycles. The molecule has 0 aliphatic rings. The van der Waals surface area contributed by atoms with Gasteiger partial charge in [0.2, 0.25) is 11.7 Å². The van der Waals surface area contributed by atoms with Crippen molar-refractivity contribution in [2.24, 2.45) is 0 Å². The van der Waals surface area contributed by atoms with Crippen molar-refractivity contribution in [1.82, 2.24) is 15.0 Å². The fraction of sp³-hybridized carbons (Fsp3) is 0.143. The van der Waals surface area contributed by atoms with Crippen molar-refractivity contribution in [3.63, 3.8) is 0 Å². The summed E-state index contributed by atoms with van der Waals surface area (Å²) in [6.07, 6.45) is -4.61. The number of nitrogens with zero attached hydrogens (tertiary/aromatic N) is 2. The normalized spacial score (nSPS) is 11.7. The predicted octanol–water partition coefficient (Wildman–Crippen LogP) is 3.87. The first-order chi connectivity index (χ1) is 10.9. The Balaban J connectivity index is 2.05. The molecule has 9 heteroatoms. The molecule has 0 saturated heterocycles. The van der Waals surface area contributed by atoms with Crippen LogP contribution in [-0.2, 0) is 6.18 Å². The summed E-state index contributed by atoms with van der Waals surface area (Å²) in [6.45, 7) is 0. The lowest BCUT2D eigenvalue weighted by molar-refractivity contribution is -0.144. The summed E-state index contributed by atoms with van der Waals surface area (Å²) < 4.78 is 56.3. The van der Waals surface area contributed by atoms with E-state index in [-0.39, 0.29) is 22.7 Å². The third-order valence-corrected chi connectivity index (χ3v) is 3.00. The summed E-state index contributed by atoms with van der Waals surface area (Å²) in [4.78, 5) is 9.51.